The summed E-state index contributed by atoms with van der Waals surface area (Å²) in [5.74, 6) is -0.883. The first-order valence-corrected chi connectivity index (χ1v) is 5.27. The minimum absolute atomic E-state index is 0.546. The van der Waals surface area contributed by atoms with E-state index in [1.807, 2.05) is 0 Å². The van der Waals surface area contributed by atoms with Crippen LogP contribution in [0.5, 0.6) is 0 Å². The van der Waals surface area contributed by atoms with E-state index in [1.165, 1.54) is 25.9 Å². The Morgan fingerprint density at radius 3 is 2.71 bits per heavy atom. The third-order valence-corrected chi connectivity index (χ3v) is 2.53. The summed E-state index contributed by atoms with van der Waals surface area (Å²) in [6.07, 6.45) is 2.85. The van der Waals surface area contributed by atoms with E-state index in [9.17, 15) is 4.79 Å². The molecule has 1 heterocycles. The molecule has 0 aromatic heterocycles. The van der Waals surface area contributed by atoms with Crippen molar-refractivity contribution in [3.05, 3.63) is 0 Å². The summed E-state index contributed by atoms with van der Waals surface area (Å²) in [6.45, 7) is 5.53. The molecule has 1 atom stereocenters. The number of rotatable bonds is 6. The quantitative estimate of drug-likeness (QED) is 0.650. The van der Waals surface area contributed by atoms with Crippen LogP contribution in [0.4, 0.5) is 0 Å². The maximum absolute atomic E-state index is 10.4. The summed E-state index contributed by atoms with van der Waals surface area (Å²) >= 11 is 0. The molecular formula is C10H19NO3. The van der Waals surface area contributed by atoms with Crippen molar-refractivity contribution in [3.63, 3.8) is 0 Å². The second-order valence-corrected chi connectivity index (χ2v) is 3.75. The molecule has 1 aliphatic heterocycles. The predicted molar refractivity (Wildman–Crippen MR) is 53.3 cm³/mol. The molecule has 0 saturated carbocycles. The molecule has 4 heteroatoms. The Balaban J connectivity index is 1.95. The second kappa shape index (κ2) is 5.98. The lowest BCUT2D eigenvalue weighted by molar-refractivity contribution is -0.149. The van der Waals surface area contributed by atoms with Crippen molar-refractivity contribution in [3.8, 4) is 0 Å². The van der Waals surface area contributed by atoms with Crippen LogP contribution < -0.4 is 0 Å². The van der Waals surface area contributed by atoms with Gasteiger partial charge in [0, 0.05) is 13.2 Å². The first-order valence-electron chi connectivity index (χ1n) is 5.27. The Labute approximate surface area is 84.8 Å². The van der Waals surface area contributed by atoms with E-state index >= 15 is 0 Å². The van der Waals surface area contributed by atoms with Gasteiger partial charge in [-0.3, -0.25) is 0 Å². The molecule has 0 bridgehead atoms. The fourth-order valence-corrected chi connectivity index (χ4v) is 1.63. The average molecular weight is 201 g/mol. The van der Waals surface area contributed by atoms with Crippen LogP contribution in [0.15, 0.2) is 0 Å². The van der Waals surface area contributed by atoms with Gasteiger partial charge in [-0.25, -0.2) is 4.79 Å². The number of ether oxygens (including phenoxy) is 1. The molecule has 0 radical (unpaired) electrons. The van der Waals surface area contributed by atoms with Gasteiger partial charge in [-0.1, -0.05) is 0 Å². The molecule has 1 N–H and O–H groups in total. The van der Waals surface area contributed by atoms with Crippen molar-refractivity contribution in [1.29, 1.82) is 0 Å². The monoisotopic (exact) mass is 201 g/mol. The van der Waals surface area contributed by atoms with Gasteiger partial charge in [0.25, 0.3) is 0 Å². The van der Waals surface area contributed by atoms with E-state index in [2.05, 4.69) is 4.90 Å². The zero-order chi connectivity index (χ0) is 10.4. The molecule has 1 unspecified atom stereocenters. The first kappa shape index (κ1) is 11.5. The zero-order valence-electron chi connectivity index (χ0n) is 8.74. The van der Waals surface area contributed by atoms with Crippen LogP contribution in [0, 0.1) is 0 Å². The summed E-state index contributed by atoms with van der Waals surface area (Å²) in [5.41, 5.74) is 0. The van der Waals surface area contributed by atoms with Crippen molar-refractivity contribution in [2.24, 2.45) is 0 Å². The average Bonchev–Trinajstić information content (AvgIpc) is 2.64. The van der Waals surface area contributed by atoms with E-state index in [-0.39, 0.29) is 0 Å². The minimum atomic E-state index is -0.883. The van der Waals surface area contributed by atoms with Gasteiger partial charge in [-0.2, -0.15) is 0 Å². The van der Waals surface area contributed by atoms with Crippen LogP contribution >= 0.6 is 0 Å². The highest BCUT2D eigenvalue weighted by Crippen LogP contribution is 2.07. The molecule has 4 nitrogen and oxygen atoms in total. The molecule has 0 aromatic carbocycles. The van der Waals surface area contributed by atoms with Crippen molar-refractivity contribution < 1.29 is 14.6 Å². The van der Waals surface area contributed by atoms with E-state index in [0.29, 0.717) is 6.61 Å². The van der Waals surface area contributed by atoms with Gasteiger partial charge in [-0.15, -0.1) is 0 Å². The number of carbonyl (C=O) groups is 1. The van der Waals surface area contributed by atoms with Crippen LogP contribution in [0.3, 0.4) is 0 Å². The summed E-state index contributed by atoms with van der Waals surface area (Å²) in [4.78, 5) is 12.8. The number of nitrogens with zero attached hydrogens (tertiary/aromatic N) is 1. The van der Waals surface area contributed by atoms with Crippen LogP contribution in [0.2, 0.25) is 0 Å². The third-order valence-electron chi connectivity index (χ3n) is 2.53. The summed E-state index contributed by atoms with van der Waals surface area (Å²) in [5, 5.41) is 8.56. The van der Waals surface area contributed by atoms with Gasteiger partial charge < -0.3 is 14.7 Å². The van der Waals surface area contributed by atoms with Crippen molar-refractivity contribution >= 4 is 5.97 Å². The van der Waals surface area contributed by atoms with Gasteiger partial charge in [0.15, 0.2) is 6.10 Å². The van der Waals surface area contributed by atoms with Crippen LogP contribution in [-0.2, 0) is 9.53 Å². The molecule has 14 heavy (non-hydrogen) atoms. The van der Waals surface area contributed by atoms with Gasteiger partial charge >= 0.3 is 5.97 Å². The van der Waals surface area contributed by atoms with E-state index in [4.69, 9.17) is 9.84 Å². The standard InChI is InChI=1S/C10H19NO3/c1-9(10(12)13)14-8-4-7-11-5-2-3-6-11/h9H,2-8H2,1H3,(H,12,13). The number of likely N-dealkylation sites (tertiary alicyclic amines) is 1. The highest BCUT2D eigenvalue weighted by Gasteiger charge is 2.12. The molecule has 0 spiro atoms. The maximum Gasteiger partial charge on any atom is 0.332 e. The lowest BCUT2D eigenvalue weighted by atomic mass is 10.4. The Morgan fingerprint density at radius 1 is 1.50 bits per heavy atom. The topological polar surface area (TPSA) is 49.8 Å². The highest BCUT2D eigenvalue weighted by molar-refractivity contribution is 5.71. The Hall–Kier alpha value is -0.610. The smallest absolute Gasteiger partial charge is 0.332 e. The van der Waals surface area contributed by atoms with E-state index in [0.717, 1.165) is 13.0 Å². The lowest BCUT2D eigenvalue weighted by Crippen LogP contribution is -2.24. The molecule has 1 fully saturated rings. The first-order chi connectivity index (χ1) is 6.70. The summed E-state index contributed by atoms with van der Waals surface area (Å²) in [7, 11) is 0. The zero-order valence-corrected chi connectivity index (χ0v) is 8.74. The van der Waals surface area contributed by atoms with Gasteiger partial charge in [-0.05, 0) is 39.3 Å². The summed E-state index contributed by atoms with van der Waals surface area (Å²) < 4.78 is 5.14. The van der Waals surface area contributed by atoms with Crippen molar-refractivity contribution in [2.75, 3.05) is 26.2 Å². The van der Waals surface area contributed by atoms with E-state index in [1.54, 1.807) is 6.92 Å². The molecule has 1 rings (SSSR count). The molecule has 0 aromatic rings. The normalized spacial score (nSPS) is 19.8. The van der Waals surface area contributed by atoms with Gasteiger partial charge in [0.05, 0.1) is 0 Å². The fraction of sp³-hybridized carbons (Fsp3) is 0.900. The van der Waals surface area contributed by atoms with Crippen LogP contribution in [0.25, 0.3) is 0 Å². The maximum atomic E-state index is 10.4. The molecule has 1 aliphatic rings. The molecule has 0 amide bonds. The predicted octanol–water partition coefficient (Wildman–Crippen LogP) is 0.962. The molecule has 1 saturated heterocycles. The van der Waals surface area contributed by atoms with Crippen molar-refractivity contribution in [1.82, 2.24) is 4.90 Å². The SMILES string of the molecule is CC(OCCCN1CCCC1)C(=O)O. The minimum Gasteiger partial charge on any atom is -0.479 e. The number of aliphatic carboxylic acids is 1. The Bertz CT molecular complexity index is 178. The number of carboxylic acid groups (broad SMARTS) is 1. The number of hydrogen-bond acceptors (Lipinski definition) is 3. The largest absolute Gasteiger partial charge is 0.479 e. The molecule has 82 valence electrons. The Morgan fingerprint density at radius 2 is 2.14 bits per heavy atom. The van der Waals surface area contributed by atoms with Crippen LogP contribution in [-0.4, -0.2) is 48.3 Å². The fourth-order valence-electron chi connectivity index (χ4n) is 1.63. The second-order valence-electron chi connectivity index (χ2n) is 3.75. The van der Waals surface area contributed by atoms with Gasteiger partial charge in [0.1, 0.15) is 0 Å². The summed E-state index contributed by atoms with van der Waals surface area (Å²) in [6, 6.07) is 0. The van der Waals surface area contributed by atoms with Crippen molar-refractivity contribution in [2.45, 2.75) is 32.3 Å². The molecular weight excluding hydrogens is 182 g/mol. The molecule has 0 aliphatic carbocycles. The van der Waals surface area contributed by atoms with E-state index < -0.39 is 12.1 Å². The highest BCUT2D eigenvalue weighted by atomic mass is 16.5. The number of hydrogen-bond donors (Lipinski definition) is 1. The Kier molecular flexibility index (Phi) is 4.90. The third kappa shape index (κ3) is 4.07. The lowest BCUT2D eigenvalue weighted by Gasteiger charge is -2.14. The van der Waals surface area contributed by atoms with Gasteiger partial charge in [0.2, 0.25) is 0 Å². The van der Waals surface area contributed by atoms with Crippen LogP contribution in [0.1, 0.15) is 26.2 Å². The number of carboxylic acids is 1.